The Kier molecular flexibility index (Phi) is 11.5. The fourth-order valence-corrected chi connectivity index (χ4v) is 1.44. The summed E-state index contributed by atoms with van der Waals surface area (Å²) in [5.41, 5.74) is 0. The maximum absolute atomic E-state index is 3.62. The van der Waals surface area contributed by atoms with Crippen LogP contribution >= 0.6 is 12.4 Å². The molecule has 0 saturated carbocycles. The predicted octanol–water partition coefficient (Wildman–Crippen LogP) is 3.38. The Labute approximate surface area is 83.7 Å². The van der Waals surface area contributed by atoms with Gasteiger partial charge in [-0.15, -0.1) is 12.4 Å². The molecule has 0 saturated heterocycles. The van der Waals surface area contributed by atoms with Crippen LogP contribution in [-0.4, -0.2) is 12.1 Å². The Hall–Kier alpha value is 0.250. The first-order chi connectivity index (χ1) is 5.24. The van der Waals surface area contributed by atoms with E-state index in [2.05, 4.69) is 33.0 Å². The highest BCUT2D eigenvalue weighted by molar-refractivity contribution is 5.85. The quantitative estimate of drug-likeness (QED) is 0.682. The molecule has 0 aliphatic rings. The van der Waals surface area contributed by atoms with Gasteiger partial charge in [0.2, 0.25) is 0 Å². The molecule has 2 heteroatoms. The first kappa shape index (κ1) is 14.8. The highest BCUT2D eigenvalue weighted by Gasteiger charge is 2.06. The van der Waals surface area contributed by atoms with E-state index in [-0.39, 0.29) is 12.4 Å². The van der Waals surface area contributed by atoms with Crippen LogP contribution in [0.3, 0.4) is 0 Å². The number of hydrogen-bond donors (Lipinski definition) is 1. The third kappa shape index (κ3) is 6.93. The maximum Gasteiger partial charge on any atom is 0.00642 e. The van der Waals surface area contributed by atoms with Gasteiger partial charge in [0.05, 0.1) is 0 Å². The molecule has 12 heavy (non-hydrogen) atoms. The van der Waals surface area contributed by atoms with Crippen LogP contribution in [0.2, 0.25) is 0 Å². The lowest BCUT2D eigenvalue weighted by molar-refractivity contribution is 0.406. The molecule has 0 bridgehead atoms. The number of hydrogen-bond acceptors (Lipinski definition) is 1. The molecule has 0 amide bonds. The SMILES string of the molecule is CCCC(C)NC(CC)CC.Cl. The molecule has 1 N–H and O–H groups in total. The van der Waals surface area contributed by atoms with Crippen LogP contribution in [0.1, 0.15) is 53.4 Å². The van der Waals surface area contributed by atoms with Gasteiger partial charge in [-0.05, 0) is 26.2 Å². The van der Waals surface area contributed by atoms with Crippen LogP contribution in [0.15, 0.2) is 0 Å². The molecule has 0 aromatic heterocycles. The highest BCUT2D eigenvalue weighted by atomic mass is 35.5. The Morgan fingerprint density at radius 3 is 1.92 bits per heavy atom. The molecule has 0 aromatic carbocycles. The molecule has 0 heterocycles. The molecule has 0 aromatic rings. The van der Waals surface area contributed by atoms with E-state index in [0.29, 0.717) is 6.04 Å². The lowest BCUT2D eigenvalue weighted by Crippen LogP contribution is -2.35. The van der Waals surface area contributed by atoms with Crippen molar-refractivity contribution in [2.75, 3.05) is 0 Å². The Morgan fingerprint density at radius 1 is 1.08 bits per heavy atom. The lowest BCUT2D eigenvalue weighted by atomic mass is 10.1. The van der Waals surface area contributed by atoms with Crippen LogP contribution in [0, 0.1) is 0 Å². The van der Waals surface area contributed by atoms with Crippen LogP contribution in [-0.2, 0) is 0 Å². The summed E-state index contributed by atoms with van der Waals surface area (Å²) in [5.74, 6) is 0. The average Bonchev–Trinajstić information content (AvgIpc) is 2.01. The first-order valence-corrected chi connectivity index (χ1v) is 5.00. The summed E-state index contributed by atoms with van der Waals surface area (Å²) in [6.45, 7) is 9.02. The van der Waals surface area contributed by atoms with Crippen LogP contribution in [0.25, 0.3) is 0 Å². The average molecular weight is 194 g/mol. The second-order valence-corrected chi connectivity index (χ2v) is 3.37. The summed E-state index contributed by atoms with van der Waals surface area (Å²) in [4.78, 5) is 0. The smallest absolute Gasteiger partial charge is 0.00642 e. The Balaban J connectivity index is 0. The minimum absolute atomic E-state index is 0. The summed E-state index contributed by atoms with van der Waals surface area (Å²) in [5, 5.41) is 3.62. The highest BCUT2D eigenvalue weighted by Crippen LogP contribution is 2.01. The molecule has 0 fully saturated rings. The molecule has 0 spiro atoms. The number of nitrogens with one attached hydrogen (secondary N) is 1. The predicted molar refractivity (Wildman–Crippen MR) is 59.1 cm³/mol. The zero-order valence-electron chi connectivity index (χ0n) is 8.89. The summed E-state index contributed by atoms with van der Waals surface area (Å²) in [7, 11) is 0. The van der Waals surface area contributed by atoms with Gasteiger partial charge in [-0.2, -0.15) is 0 Å². The molecule has 1 atom stereocenters. The van der Waals surface area contributed by atoms with Gasteiger partial charge >= 0.3 is 0 Å². The lowest BCUT2D eigenvalue weighted by Gasteiger charge is -2.20. The van der Waals surface area contributed by atoms with Crippen molar-refractivity contribution in [3.05, 3.63) is 0 Å². The van der Waals surface area contributed by atoms with Crippen molar-refractivity contribution in [2.45, 2.75) is 65.5 Å². The van der Waals surface area contributed by atoms with Crippen molar-refractivity contribution < 1.29 is 0 Å². The van der Waals surface area contributed by atoms with E-state index < -0.39 is 0 Å². The van der Waals surface area contributed by atoms with Gasteiger partial charge in [0, 0.05) is 12.1 Å². The summed E-state index contributed by atoms with van der Waals surface area (Å²) < 4.78 is 0. The standard InChI is InChI=1S/C10H23N.ClH/c1-5-8-9(4)11-10(6-2)7-3;/h9-11H,5-8H2,1-4H3;1H. The Morgan fingerprint density at radius 2 is 1.58 bits per heavy atom. The molecule has 1 unspecified atom stereocenters. The van der Waals surface area contributed by atoms with Crippen molar-refractivity contribution in [1.29, 1.82) is 0 Å². The molecule has 76 valence electrons. The van der Waals surface area contributed by atoms with E-state index >= 15 is 0 Å². The molecule has 0 aliphatic heterocycles. The Bertz CT molecular complexity index is 81.9. The fraction of sp³-hybridized carbons (Fsp3) is 1.00. The maximum atomic E-state index is 3.62. The second kappa shape index (κ2) is 9.34. The van der Waals surface area contributed by atoms with Crippen molar-refractivity contribution in [2.24, 2.45) is 0 Å². The zero-order chi connectivity index (χ0) is 8.69. The van der Waals surface area contributed by atoms with E-state index in [1.165, 1.54) is 25.7 Å². The monoisotopic (exact) mass is 193 g/mol. The molecule has 0 radical (unpaired) electrons. The number of halogens is 1. The molecule has 0 rings (SSSR count). The molecular formula is C10H24ClN. The summed E-state index contributed by atoms with van der Waals surface area (Å²) in [6, 6.07) is 1.43. The topological polar surface area (TPSA) is 12.0 Å². The second-order valence-electron chi connectivity index (χ2n) is 3.37. The van der Waals surface area contributed by atoms with Gasteiger partial charge in [-0.3, -0.25) is 0 Å². The van der Waals surface area contributed by atoms with E-state index in [1.807, 2.05) is 0 Å². The van der Waals surface area contributed by atoms with E-state index in [1.54, 1.807) is 0 Å². The minimum Gasteiger partial charge on any atom is -0.312 e. The van der Waals surface area contributed by atoms with E-state index in [4.69, 9.17) is 0 Å². The van der Waals surface area contributed by atoms with Crippen molar-refractivity contribution in [1.82, 2.24) is 5.32 Å². The minimum atomic E-state index is 0. The molecule has 1 nitrogen and oxygen atoms in total. The van der Waals surface area contributed by atoms with Crippen LogP contribution in [0.4, 0.5) is 0 Å². The van der Waals surface area contributed by atoms with Crippen molar-refractivity contribution >= 4 is 12.4 Å². The van der Waals surface area contributed by atoms with Crippen molar-refractivity contribution in [3.8, 4) is 0 Å². The number of rotatable bonds is 6. The fourth-order valence-electron chi connectivity index (χ4n) is 1.44. The van der Waals surface area contributed by atoms with Crippen LogP contribution in [0.5, 0.6) is 0 Å². The third-order valence-corrected chi connectivity index (χ3v) is 2.23. The van der Waals surface area contributed by atoms with Gasteiger partial charge in [0.15, 0.2) is 0 Å². The van der Waals surface area contributed by atoms with Gasteiger partial charge in [0.1, 0.15) is 0 Å². The summed E-state index contributed by atoms with van der Waals surface area (Å²) >= 11 is 0. The van der Waals surface area contributed by atoms with Gasteiger partial charge in [0.25, 0.3) is 0 Å². The normalized spacial score (nSPS) is 12.8. The first-order valence-electron chi connectivity index (χ1n) is 5.00. The van der Waals surface area contributed by atoms with Crippen LogP contribution < -0.4 is 5.32 Å². The van der Waals surface area contributed by atoms with E-state index in [9.17, 15) is 0 Å². The van der Waals surface area contributed by atoms with Crippen molar-refractivity contribution in [3.63, 3.8) is 0 Å². The zero-order valence-corrected chi connectivity index (χ0v) is 9.71. The molecular weight excluding hydrogens is 170 g/mol. The summed E-state index contributed by atoms with van der Waals surface area (Å²) in [6.07, 6.45) is 5.10. The van der Waals surface area contributed by atoms with Gasteiger partial charge < -0.3 is 5.32 Å². The van der Waals surface area contributed by atoms with Gasteiger partial charge in [-0.25, -0.2) is 0 Å². The van der Waals surface area contributed by atoms with E-state index in [0.717, 1.165) is 6.04 Å². The van der Waals surface area contributed by atoms with Gasteiger partial charge in [-0.1, -0.05) is 27.2 Å². The molecule has 0 aliphatic carbocycles. The largest absolute Gasteiger partial charge is 0.312 e. The third-order valence-electron chi connectivity index (χ3n) is 2.23.